The Balaban J connectivity index is 2.77. The van der Waals surface area contributed by atoms with Crippen LogP contribution in [0.15, 0.2) is 12.1 Å². The monoisotopic (exact) mass is 314 g/mol. The van der Waals surface area contributed by atoms with Crippen molar-refractivity contribution in [3.05, 3.63) is 22.7 Å². The molecule has 0 aliphatic rings. The van der Waals surface area contributed by atoms with Gasteiger partial charge in [-0.1, -0.05) is 18.5 Å². The summed E-state index contributed by atoms with van der Waals surface area (Å²) in [6, 6.07) is 3.68. The molecule has 1 rings (SSSR count). The van der Waals surface area contributed by atoms with Crippen LogP contribution in [0.5, 0.6) is 11.5 Å². The summed E-state index contributed by atoms with van der Waals surface area (Å²) >= 11 is 6.22. The largest absolute Gasteiger partial charge is 0.493 e. The Bertz CT molecular complexity index is 466. The number of carbonyl (C=O) groups excluding carboxylic acids is 1. The van der Waals surface area contributed by atoms with Crippen molar-refractivity contribution in [3.8, 4) is 11.5 Å². The van der Waals surface area contributed by atoms with Crippen molar-refractivity contribution >= 4 is 17.5 Å². The molecule has 118 valence electrons. The van der Waals surface area contributed by atoms with E-state index in [9.17, 15) is 4.79 Å². The number of amides is 1. The van der Waals surface area contributed by atoms with Crippen molar-refractivity contribution in [2.24, 2.45) is 0 Å². The molecule has 0 fully saturated rings. The molecule has 0 unspecified atom stereocenters. The van der Waals surface area contributed by atoms with Crippen LogP contribution in [0.1, 0.15) is 25.8 Å². The summed E-state index contributed by atoms with van der Waals surface area (Å²) in [4.78, 5) is 11.4. The first-order valence-corrected chi connectivity index (χ1v) is 7.46. The molecule has 0 aromatic heterocycles. The van der Waals surface area contributed by atoms with Crippen LogP contribution in [-0.2, 0) is 11.3 Å². The molecule has 0 atom stereocenters. The van der Waals surface area contributed by atoms with Gasteiger partial charge in [0.2, 0.25) is 0 Å². The van der Waals surface area contributed by atoms with Crippen LogP contribution in [0.3, 0.4) is 0 Å². The average Bonchev–Trinajstić information content (AvgIpc) is 2.46. The second-order valence-corrected chi connectivity index (χ2v) is 4.94. The molecule has 0 saturated heterocycles. The smallest absolute Gasteiger partial charge is 0.257 e. The SMILES string of the molecule is CCCNCc1cc(Cl)c(OCC(=O)NCC)c(OC)c1. The number of halogens is 1. The molecular weight excluding hydrogens is 292 g/mol. The second kappa shape index (κ2) is 9.47. The van der Waals surface area contributed by atoms with E-state index in [2.05, 4.69) is 17.6 Å². The van der Waals surface area contributed by atoms with Gasteiger partial charge in [0.05, 0.1) is 12.1 Å². The van der Waals surface area contributed by atoms with E-state index in [1.165, 1.54) is 0 Å². The van der Waals surface area contributed by atoms with Gasteiger partial charge in [0.15, 0.2) is 18.1 Å². The van der Waals surface area contributed by atoms with Gasteiger partial charge in [-0.15, -0.1) is 0 Å². The minimum atomic E-state index is -0.190. The third-order valence-corrected chi connectivity index (χ3v) is 3.05. The molecule has 0 bridgehead atoms. The molecule has 0 aliphatic heterocycles. The molecule has 0 radical (unpaired) electrons. The highest BCUT2D eigenvalue weighted by molar-refractivity contribution is 6.32. The van der Waals surface area contributed by atoms with Crippen LogP contribution in [-0.4, -0.2) is 32.7 Å². The van der Waals surface area contributed by atoms with Crippen molar-refractivity contribution in [2.75, 3.05) is 26.8 Å². The van der Waals surface area contributed by atoms with Gasteiger partial charge in [0.25, 0.3) is 5.91 Å². The molecule has 5 nitrogen and oxygen atoms in total. The van der Waals surface area contributed by atoms with Crippen molar-refractivity contribution < 1.29 is 14.3 Å². The van der Waals surface area contributed by atoms with Gasteiger partial charge < -0.3 is 20.1 Å². The van der Waals surface area contributed by atoms with E-state index < -0.39 is 0 Å². The van der Waals surface area contributed by atoms with Crippen LogP contribution in [0.4, 0.5) is 0 Å². The Morgan fingerprint density at radius 2 is 2.10 bits per heavy atom. The summed E-state index contributed by atoms with van der Waals surface area (Å²) in [5, 5.41) is 6.39. The number of methoxy groups -OCH3 is 1. The fraction of sp³-hybridized carbons (Fsp3) is 0.533. The van der Waals surface area contributed by atoms with Crippen molar-refractivity contribution in [1.82, 2.24) is 10.6 Å². The van der Waals surface area contributed by atoms with Gasteiger partial charge >= 0.3 is 0 Å². The molecule has 21 heavy (non-hydrogen) atoms. The van der Waals surface area contributed by atoms with Crippen LogP contribution in [0.2, 0.25) is 5.02 Å². The first kappa shape index (κ1) is 17.6. The number of hydrogen-bond donors (Lipinski definition) is 2. The zero-order chi connectivity index (χ0) is 15.7. The van der Waals surface area contributed by atoms with Gasteiger partial charge in [-0.05, 0) is 37.6 Å². The third-order valence-electron chi connectivity index (χ3n) is 2.77. The van der Waals surface area contributed by atoms with E-state index in [0.29, 0.717) is 29.6 Å². The number of rotatable bonds is 9. The van der Waals surface area contributed by atoms with Gasteiger partial charge in [0, 0.05) is 13.1 Å². The lowest BCUT2D eigenvalue weighted by Gasteiger charge is -2.14. The Labute approximate surface area is 131 Å². The predicted molar refractivity (Wildman–Crippen MR) is 84.2 cm³/mol. The molecule has 0 saturated carbocycles. The molecule has 0 spiro atoms. The highest BCUT2D eigenvalue weighted by Gasteiger charge is 2.13. The lowest BCUT2D eigenvalue weighted by Crippen LogP contribution is -2.28. The Morgan fingerprint density at radius 1 is 1.33 bits per heavy atom. The molecule has 6 heteroatoms. The van der Waals surface area contributed by atoms with Crippen LogP contribution in [0, 0.1) is 0 Å². The second-order valence-electron chi connectivity index (χ2n) is 4.53. The summed E-state index contributed by atoms with van der Waals surface area (Å²) in [7, 11) is 1.55. The maximum absolute atomic E-state index is 11.4. The summed E-state index contributed by atoms with van der Waals surface area (Å²) in [6.45, 7) is 6.09. The van der Waals surface area contributed by atoms with Crippen LogP contribution >= 0.6 is 11.6 Å². The molecule has 0 aliphatic carbocycles. The van der Waals surface area contributed by atoms with Crippen molar-refractivity contribution in [2.45, 2.75) is 26.8 Å². The summed E-state index contributed by atoms with van der Waals surface area (Å²) in [5.74, 6) is 0.731. The minimum Gasteiger partial charge on any atom is -0.493 e. The number of hydrogen-bond acceptors (Lipinski definition) is 4. The standard InChI is InChI=1S/C15H23ClN2O3/c1-4-6-17-9-11-7-12(16)15(13(8-11)20-3)21-10-14(19)18-5-2/h7-8,17H,4-6,9-10H2,1-3H3,(H,18,19). The number of benzene rings is 1. The fourth-order valence-corrected chi connectivity index (χ4v) is 2.10. The average molecular weight is 315 g/mol. The zero-order valence-electron chi connectivity index (χ0n) is 12.8. The molecule has 2 N–H and O–H groups in total. The van der Waals surface area contributed by atoms with E-state index >= 15 is 0 Å². The third kappa shape index (κ3) is 5.81. The fourth-order valence-electron chi connectivity index (χ4n) is 1.81. The van der Waals surface area contributed by atoms with Gasteiger partial charge in [-0.2, -0.15) is 0 Å². The summed E-state index contributed by atoms with van der Waals surface area (Å²) < 4.78 is 10.8. The highest BCUT2D eigenvalue weighted by Crippen LogP contribution is 2.36. The number of carbonyl (C=O) groups is 1. The topological polar surface area (TPSA) is 59.6 Å². The van der Waals surface area contributed by atoms with E-state index in [0.717, 1.165) is 18.5 Å². The van der Waals surface area contributed by atoms with E-state index in [1.54, 1.807) is 7.11 Å². The first-order chi connectivity index (χ1) is 10.1. The lowest BCUT2D eigenvalue weighted by atomic mass is 10.2. The van der Waals surface area contributed by atoms with Crippen molar-refractivity contribution in [3.63, 3.8) is 0 Å². The lowest BCUT2D eigenvalue weighted by molar-refractivity contribution is -0.122. The van der Waals surface area contributed by atoms with Gasteiger partial charge in [-0.3, -0.25) is 4.79 Å². The van der Waals surface area contributed by atoms with Gasteiger partial charge in [-0.25, -0.2) is 0 Å². The van der Waals surface area contributed by atoms with Gasteiger partial charge in [0.1, 0.15) is 0 Å². The Kier molecular flexibility index (Phi) is 7.93. The maximum atomic E-state index is 11.4. The maximum Gasteiger partial charge on any atom is 0.257 e. The first-order valence-electron chi connectivity index (χ1n) is 7.08. The number of nitrogens with one attached hydrogen (secondary N) is 2. The quantitative estimate of drug-likeness (QED) is 0.687. The Hall–Kier alpha value is -1.46. The molecule has 1 aromatic carbocycles. The zero-order valence-corrected chi connectivity index (χ0v) is 13.5. The van der Waals surface area contributed by atoms with E-state index in [-0.39, 0.29) is 12.5 Å². The van der Waals surface area contributed by atoms with E-state index in [4.69, 9.17) is 21.1 Å². The van der Waals surface area contributed by atoms with Crippen molar-refractivity contribution in [1.29, 1.82) is 0 Å². The summed E-state index contributed by atoms with van der Waals surface area (Å²) in [6.07, 6.45) is 1.07. The minimum absolute atomic E-state index is 0.0860. The molecule has 1 aromatic rings. The molecule has 0 heterocycles. The Morgan fingerprint density at radius 3 is 2.71 bits per heavy atom. The number of ether oxygens (including phenoxy) is 2. The molecular formula is C15H23ClN2O3. The normalized spacial score (nSPS) is 10.3. The van der Waals surface area contributed by atoms with Crippen LogP contribution < -0.4 is 20.1 Å². The number of likely N-dealkylation sites (N-methyl/N-ethyl adjacent to an activating group) is 1. The van der Waals surface area contributed by atoms with E-state index in [1.807, 2.05) is 19.1 Å². The predicted octanol–water partition coefficient (Wildman–Crippen LogP) is 2.36. The molecule has 1 amide bonds. The highest BCUT2D eigenvalue weighted by atomic mass is 35.5. The summed E-state index contributed by atoms with van der Waals surface area (Å²) in [5.41, 5.74) is 1.01. The van der Waals surface area contributed by atoms with Crippen LogP contribution in [0.25, 0.3) is 0 Å².